The highest BCUT2D eigenvalue weighted by Gasteiger charge is 2.50. The number of carboxylic acids is 1. The van der Waals surface area contributed by atoms with Crippen molar-refractivity contribution in [3.05, 3.63) is 35.4 Å². The van der Waals surface area contributed by atoms with Crippen molar-refractivity contribution in [1.82, 2.24) is 4.90 Å². The molecule has 0 spiro atoms. The molecular formula is C14H12NO6-. The number of fused-ring (bicyclic) bond motifs is 1. The Morgan fingerprint density at radius 1 is 1.29 bits per heavy atom. The number of carboxylic acid groups (broad SMARTS) is 1. The number of rotatable bonds is 6. The van der Waals surface area contributed by atoms with Crippen molar-refractivity contribution in [3.8, 4) is 0 Å². The van der Waals surface area contributed by atoms with E-state index in [0.29, 0.717) is 4.90 Å². The molecular weight excluding hydrogens is 278 g/mol. The summed E-state index contributed by atoms with van der Waals surface area (Å²) in [6.45, 7) is 1.37. The average Bonchev–Trinajstić information content (AvgIpc) is 2.71. The average molecular weight is 290 g/mol. The van der Waals surface area contributed by atoms with Crippen LogP contribution >= 0.6 is 0 Å². The second-order valence-electron chi connectivity index (χ2n) is 4.37. The van der Waals surface area contributed by atoms with Gasteiger partial charge in [0.05, 0.1) is 23.5 Å². The van der Waals surface area contributed by atoms with Crippen LogP contribution in [0.25, 0.3) is 0 Å². The van der Waals surface area contributed by atoms with Gasteiger partial charge in [0.2, 0.25) is 0 Å². The predicted molar refractivity (Wildman–Crippen MR) is 67.0 cm³/mol. The van der Waals surface area contributed by atoms with Gasteiger partial charge in [0.15, 0.2) is 5.72 Å². The highest BCUT2D eigenvalue weighted by molar-refractivity contribution is 6.23. The normalized spacial score (nSPS) is 16.5. The molecule has 0 N–H and O–H groups in total. The third kappa shape index (κ3) is 2.11. The molecule has 7 nitrogen and oxygen atoms in total. The van der Waals surface area contributed by atoms with E-state index in [-0.39, 0.29) is 24.0 Å². The van der Waals surface area contributed by atoms with Gasteiger partial charge in [-0.25, -0.2) is 4.90 Å². The number of aldehydes is 1. The van der Waals surface area contributed by atoms with Crippen molar-refractivity contribution in [3.63, 3.8) is 0 Å². The SMILES string of the molecule is CCOC(CC=O)(C(=O)[O-])N1C(=O)c2ccccc2C1=O. The predicted octanol–water partition coefficient (Wildman–Crippen LogP) is -0.646. The fourth-order valence-electron chi connectivity index (χ4n) is 2.32. The first-order valence-corrected chi connectivity index (χ1v) is 6.26. The van der Waals surface area contributed by atoms with E-state index in [9.17, 15) is 24.3 Å². The van der Waals surface area contributed by atoms with Gasteiger partial charge < -0.3 is 19.4 Å². The van der Waals surface area contributed by atoms with Crippen molar-refractivity contribution in [2.75, 3.05) is 6.61 Å². The summed E-state index contributed by atoms with van der Waals surface area (Å²) >= 11 is 0. The first-order valence-electron chi connectivity index (χ1n) is 6.26. The Labute approximate surface area is 120 Å². The molecule has 0 bridgehead atoms. The fourth-order valence-corrected chi connectivity index (χ4v) is 2.32. The Bertz CT molecular complexity index is 591. The Kier molecular flexibility index (Phi) is 3.86. The Morgan fingerprint density at radius 3 is 2.19 bits per heavy atom. The number of aliphatic carboxylic acids is 1. The summed E-state index contributed by atoms with van der Waals surface area (Å²) in [7, 11) is 0. The standard InChI is InChI=1S/C14H13NO6/c1-2-21-14(7-8-16,13(19)20)15-11(17)9-5-3-4-6-10(9)12(15)18/h3-6,8H,2,7H2,1H3,(H,19,20)/p-1. The van der Waals surface area contributed by atoms with E-state index in [2.05, 4.69) is 0 Å². The zero-order valence-corrected chi connectivity index (χ0v) is 11.2. The molecule has 2 rings (SSSR count). The number of nitrogens with zero attached hydrogens (tertiary/aromatic N) is 1. The van der Waals surface area contributed by atoms with E-state index in [4.69, 9.17) is 4.74 Å². The fraction of sp³-hybridized carbons (Fsp3) is 0.286. The number of hydrogen-bond acceptors (Lipinski definition) is 6. The van der Waals surface area contributed by atoms with Crippen molar-refractivity contribution in [2.24, 2.45) is 0 Å². The maximum absolute atomic E-state index is 12.3. The molecule has 2 amide bonds. The summed E-state index contributed by atoms with van der Waals surface area (Å²) in [5.74, 6) is -3.46. The van der Waals surface area contributed by atoms with Crippen LogP contribution in [0.3, 0.4) is 0 Å². The first kappa shape index (κ1) is 14.9. The van der Waals surface area contributed by atoms with Crippen LogP contribution in [0.1, 0.15) is 34.1 Å². The molecule has 0 saturated heterocycles. The molecule has 0 aromatic heterocycles. The van der Waals surface area contributed by atoms with Gasteiger partial charge in [0.25, 0.3) is 11.8 Å². The summed E-state index contributed by atoms with van der Waals surface area (Å²) in [5, 5.41) is 11.5. The van der Waals surface area contributed by atoms with Crippen LogP contribution in [0.4, 0.5) is 0 Å². The lowest BCUT2D eigenvalue weighted by molar-refractivity contribution is -0.335. The molecule has 1 unspecified atom stereocenters. The Balaban J connectivity index is 2.57. The van der Waals surface area contributed by atoms with E-state index in [0.717, 1.165) is 0 Å². The Hall–Kier alpha value is -2.54. The zero-order chi connectivity index (χ0) is 15.6. The van der Waals surface area contributed by atoms with Crippen LogP contribution in [0.5, 0.6) is 0 Å². The van der Waals surface area contributed by atoms with Crippen LogP contribution in [-0.4, -0.2) is 41.3 Å². The zero-order valence-electron chi connectivity index (χ0n) is 11.2. The van der Waals surface area contributed by atoms with Gasteiger partial charge in [0, 0.05) is 6.61 Å². The molecule has 0 aliphatic carbocycles. The van der Waals surface area contributed by atoms with Gasteiger partial charge in [-0.2, -0.15) is 0 Å². The van der Waals surface area contributed by atoms with Crippen LogP contribution in [0.15, 0.2) is 24.3 Å². The molecule has 0 saturated carbocycles. The maximum atomic E-state index is 12.3. The van der Waals surface area contributed by atoms with Crippen LogP contribution in [0.2, 0.25) is 0 Å². The molecule has 1 heterocycles. The largest absolute Gasteiger partial charge is 0.545 e. The van der Waals surface area contributed by atoms with E-state index in [1.165, 1.54) is 19.1 Å². The minimum absolute atomic E-state index is 0.0683. The topological polar surface area (TPSA) is 104 Å². The number of ether oxygens (including phenoxy) is 1. The number of imide groups is 1. The van der Waals surface area contributed by atoms with Crippen molar-refractivity contribution < 1.29 is 29.0 Å². The second-order valence-corrected chi connectivity index (χ2v) is 4.37. The maximum Gasteiger partial charge on any atom is 0.264 e. The number of benzene rings is 1. The summed E-state index contributed by atoms with van der Waals surface area (Å²) in [6, 6.07) is 5.91. The minimum Gasteiger partial charge on any atom is -0.545 e. The highest BCUT2D eigenvalue weighted by Crippen LogP contribution is 2.31. The lowest BCUT2D eigenvalue weighted by Gasteiger charge is -2.39. The lowest BCUT2D eigenvalue weighted by Crippen LogP contribution is -2.63. The van der Waals surface area contributed by atoms with Gasteiger partial charge in [-0.05, 0) is 19.1 Å². The van der Waals surface area contributed by atoms with Gasteiger partial charge in [-0.15, -0.1) is 0 Å². The van der Waals surface area contributed by atoms with Crippen molar-refractivity contribution in [1.29, 1.82) is 0 Å². The van der Waals surface area contributed by atoms with Gasteiger partial charge >= 0.3 is 0 Å². The molecule has 1 aromatic rings. The van der Waals surface area contributed by atoms with Crippen molar-refractivity contribution in [2.45, 2.75) is 19.1 Å². The van der Waals surface area contributed by atoms with E-state index >= 15 is 0 Å². The summed E-state index contributed by atoms with van der Waals surface area (Å²) in [4.78, 5) is 47.4. The third-order valence-corrected chi connectivity index (χ3v) is 3.22. The van der Waals surface area contributed by atoms with Crippen LogP contribution in [-0.2, 0) is 14.3 Å². The molecule has 110 valence electrons. The molecule has 7 heteroatoms. The molecule has 1 aliphatic rings. The minimum atomic E-state index is -2.43. The third-order valence-electron chi connectivity index (χ3n) is 3.22. The van der Waals surface area contributed by atoms with Gasteiger partial charge in [0.1, 0.15) is 6.29 Å². The Morgan fingerprint density at radius 2 is 1.81 bits per heavy atom. The summed E-state index contributed by atoms with van der Waals surface area (Å²) < 4.78 is 5.08. The smallest absolute Gasteiger partial charge is 0.264 e. The number of hydrogen-bond donors (Lipinski definition) is 0. The van der Waals surface area contributed by atoms with Crippen molar-refractivity contribution >= 4 is 24.1 Å². The monoisotopic (exact) mass is 290 g/mol. The number of carbonyl (C=O) groups excluding carboxylic acids is 4. The molecule has 1 aromatic carbocycles. The van der Waals surface area contributed by atoms with E-state index in [1.807, 2.05) is 0 Å². The molecule has 0 radical (unpaired) electrons. The molecule has 21 heavy (non-hydrogen) atoms. The molecule has 0 fully saturated rings. The van der Waals surface area contributed by atoms with E-state index < -0.39 is 29.9 Å². The molecule has 1 aliphatic heterocycles. The number of carbonyl (C=O) groups is 4. The number of amides is 2. The van der Waals surface area contributed by atoms with E-state index in [1.54, 1.807) is 12.1 Å². The molecule has 1 atom stereocenters. The summed E-state index contributed by atoms with van der Waals surface area (Å²) in [6.07, 6.45) is -0.427. The summed E-state index contributed by atoms with van der Waals surface area (Å²) in [5.41, 5.74) is -2.29. The highest BCUT2D eigenvalue weighted by atomic mass is 16.5. The van der Waals surface area contributed by atoms with Crippen LogP contribution < -0.4 is 5.11 Å². The quantitative estimate of drug-likeness (QED) is 0.509. The lowest BCUT2D eigenvalue weighted by atomic mass is 10.1. The van der Waals surface area contributed by atoms with Gasteiger partial charge in [-0.1, -0.05) is 12.1 Å². The first-order chi connectivity index (χ1) is 9.99. The van der Waals surface area contributed by atoms with Gasteiger partial charge in [-0.3, -0.25) is 9.59 Å². The van der Waals surface area contributed by atoms with Crippen LogP contribution in [0, 0.1) is 0 Å². The second kappa shape index (κ2) is 5.45.